The fourth-order valence-corrected chi connectivity index (χ4v) is 3.40. The molecule has 1 saturated heterocycles. The van der Waals surface area contributed by atoms with Crippen molar-refractivity contribution in [2.24, 2.45) is 0 Å². The number of halogens is 2. The van der Waals surface area contributed by atoms with E-state index in [2.05, 4.69) is 15.1 Å². The molecule has 1 fully saturated rings. The van der Waals surface area contributed by atoms with Gasteiger partial charge in [0.25, 0.3) is 5.89 Å². The highest BCUT2D eigenvalue weighted by atomic mass is 19.3. The molecule has 1 N–H and O–H groups in total. The summed E-state index contributed by atoms with van der Waals surface area (Å²) in [6.45, 7) is 4.17. The van der Waals surface area contributed by atoms with Crippen LogP contribution in [0.2, 0.25) is 0 Å². The molecule has 25 heavy (non-hydrogen) atoms. The number of nitrogens with one attached hydrogen (secondary N) is 1. The number of aromatic amines is 1. The Bertz CT molecular complexity index is 910. The van der Waals surface area contributed by atoms with Crippen LogP contribution in [-0.2, 0) is 22.7 Å². The zero-order valence-electron chi connectivity index (χ0n) is 14.1. The van der Waals surface area contributed by atoms with Gasteiger partial charge in [-0.25, -0.2) is 0 Å². The van der Waals surface area contributed by atoms with Crippen molar-refractivity contribution in [3.05, 3.63) is 47.2 Å². The third-order valence-corrected chi connectivity index (χ3v) is 4.86. The Morgan fingerprint density at radius 3 is 2.88 bits per heavy atom. The van der Waals surface area contributed by atoms with Crippen molar-refractivity contribution in [2.75, 3.05) is 6.61 Å². The van der Waals surface area contributed by atoms with Crippen molar-refractivity contribution >= 4 is 10.9 Å². The van der Waals surface area contributed by atoms with Crippen molar-refractivity contribution in [3.63, 3.8) is 0 Å². The Morgan fingerprint density at radius 1 is 1.32 bits per heavy atom. The zero-order chi connectivity index (χ0) is 17.7. The van der Waals surface area contributed by atoms with Crippen LogP contribution in [0.15, 0.2) is 28.8 Å². The van der Waals surface area contributed by atoms with Crippen LogP contribution in [0.3, 0.4) is 0 Å². The van der Waals surface area contributed by atoms with Crippen LogP contribution in [0.4, 0.5) is 8.78 Å². The van der Waals surface area contributed by atoms with E-state index in [1.54, 1.807) is 13.8 Å². The zero-order valence-corrected chi connectivity index (χ0v) is 14.1. The maximum absolute atomic E-state index is 14.8. The average Bonchev–Trinajstić information content (AvgIpc) is 3.28. The third-order valence-electron chi connectivity index (χ3n) is 4.86. The van der Waals surface area contributed by atoms with E-state index in [-0.39, 0.29) is 5.82 Å². The summed E-state index contributed by atoms with van der Waals surface area (Å²) >= 11 is 0. The Morgan fingerprint density at radius 2 is 2.12 bits per heavy atom. The molecule has 0 bridgehead atoms. The first-order valence-corrected chi connectivity index (χ1v) is 8.32. The minimum Gasteiger partial charge on any atom is -0.367 e. The first-order chi connectivity index (χ1) is 11.9. The van der Waals surface area contributed by atoms with E-state index in [9.17, 15) is 8.78 Å². The minimum atomic E-state index is -3.25. The SMILES string of the molecule is Cc1[nH]c2ccccc2c1CC(F)(F)c1nc(C2(C)CCCO2)no1. The Hall–Kier alpha value is -2.28. The molecule has 5 nitrogen and oxygen atoms in total. The molecular weight excluding hydrogens is 328 g/mol. The second-order valence-electron chi connectivity index (χ2n) is 6.76. The van der Waals surface area contributed by atoms with Gasteiger partial charge in [0, 0.05) is 29.6 Å². The topological polar surface area (TPSA) is 63.9 Å². The molecule has 132 valence electrons. The number of benzene rings is 1. The molecule has 7 heteroatoms. The molecule has 3 aromatic rings. The summed E-state index contributed by atoms with van der Waals surface area (Å²) in [5, 5.41) is 4.53. The van der Waals surface area contributed by atoms with Crippen molar-refractivity contribution in [1.29, 1.82) is 0 Å². The van der Waals surface area contributed by atoms with Crippen molar-refractivity contribution in [1.82, 2.24) is 15.1 Å². The number of rotatable bonds is 4. The summed E-state index contributed by atoms with van der Waals surface area (Å²) in [6.07, 6.45) is 1.05. The highest BCUT2D eigenvalue weighted by Crippen LogP contribution is 2.38. The summed E-state index contributed by atoms with van der Waals surface area (Å²) in [4.78, 5) is 7.10. The van der Waals surface area contributed by atoms with Gasteiger partial charge >= 0.3 is 5.92 Å². The van der Waals surface area contributed by atoms with E-state index in [1.165, 1.54) is 0 Å². The lowest BCUT2D eigenvalue weighted by atomic mass is 10.0. The van der Waals surface area contributed by atoms with Gasteiger partial charge in [0.05, 0.1) is 0 Å². The smallest absolute Gasteiger partial charge is 0.329 e. The summed E-state index contributed by atoms with van der Waals surface area (Å²) in [5.74, 6) is -3.73. The lowest BCUT2D eigenvalue weighted by Crippen LogP contribution is -2.23. The molecule has 1 unspecified atom stereocenters. The molecule has 1 aliphatic rings. The highest BCUT2D eigenvalue weighted by molar-refractivity contribution is 5.84. The Kier molecular flexibility index (Phi) is 3.64. The second kappa shape index (κ2) is 5.62. The molecule has 1 aromatic carbocycles. The Labute approximate surface area is 143 Å². The number of aryl methyl sites for hydroxylation is 1. The van der Waals surface area contributed by atoms with E-state index >= 15 is 0 Å². The predicted molar refractivity (Wildman–Crippen MR) is 87.5 cm³/mol. The molecule has 0 amide bonds. The summed E-state index contributed by atoms with van der Waals surface area (Å²) in [7, 11) is 0. The van der Waals surface area contributed by atoms with Crippen LogP contribution in [0.5, 0.6) is 0 Å². The number of alkyl halides is 2. The lowest BCUT2D eigenvalue weighted by molar-refractivity contribution is -0.0349. The van der Waals surface area contributed by atoms with Gasteiger partial charge in [-0.3, -0.25) is 0 Å². The largest absolute Gasteiger partial charge is 0.367 e. The number of ether oxygens (including phenoxy) is 1. The summed E-state index contributed by atoms with van der Waals surface area (Å²) in [6, 6.07) is 7.40. The maximum Gasteiger partial charge on any atom is 0.329 e. The van der Waals surface area contributed by atoms with Crippen LogP contribution in [0.25, 0.3) is 10.9 Å². The fraction of sp³-hybridized carbons (Fsp3) is 0.444. The van der Waals surface area contributed by atoms with Crippen molar-refractivity contribution < 1.29 is 18.0 Å². The number of H-pyrrole nitrogens is 1. The molecule has 1 aliphatic heterocycles. The molecular formula is C18H19F2N3O2. The normalized spacial score (nSPS) is 21.3. The van der Waals surface area contributed by atoms with Crippen LogP contribution in [0.1, 0.15) is 42.7 Å². The summed E-state index contributed by atoms with van der Waals surface area (Å²) in [5.41, 5.74) is 1.37. The quantitative estimate of drug-likeness (QED) is 0.767. The van der Waals surface area contributed by atoms with Crippen molar-refractivity contribution in [2.45, 2.75) is 44.6 Å². The molecule has 4 rings (SSSR count). The molecule has 0 spiro atoms. The number of para-hydroxylation sites is 1. The van der Waals surface area contributed by atoms with E-state index in [4.69, 9.17) is 9.26 Å². The van der Waals surface area contributed by atoms with Crippen LogP contribution in [-0.4, -0.2) is 21.7 Å². The number of hydrogen-bond acceptors (Lipinski definition) is 4. The maximum atomic E-state index is 14.8. The molecule has 0 radical (unpaired) electrons. The number of aromatic nitrogens is 3. The number of hydrogen-bond donors (Lipinski definition) is 1. The Balaban J connectivity index is 1.65. The van der Waals surface area contributed by atoms with Gasteiger partial charge in [-0.05, 0) is 38.3 Å². The van der Waals surface area contributed by atoms with Gasteiger partial charge in [0.15, 0.2) is 0 Å². The van der Waals surface area contributed by atoms with E-state index < -0.39 is 23.8 Å². The van der Waals surface area contributed by atoms with E-state index in [0.29, 0.717) is 24.3 Å². The van der Waals surface area contributed by atoms with Gasteiger partial charge < -0.3 is 14.2 Å². The van der Waals surface area contributed by atoms with Gasteiger partial charge in [0.2, 0.25) is 5.82 Å². The summed E-state index contributed by atoms with van der Waals surface area (Å²) < 4.78 is 40.1. The molecule has 3 heterocycles. The third kappa shape index (κ3) is 2.72. The standard InChI is InChI=1S/C18H19F2N3O2/c1-11-13(12-6-3-4-7-14(12)21-11)10-18(19,20)16-22-15(23-25-16)17(2)8-5-9-24-17/h3-4,6-7,21H,5,8-10H2,1-2H3. The van der Waals surface area contributed by atoms with Gasteiger partial charge in [-0.2, -0.15) is 13.8 Å². The van der Waals surface area contributed by atoms with Crippen molar-refractivity contribution in [3.8, 4) is 0 Å². The first-order valence-electron chi connectivity index (χ1n) is 8.32. The fourth-order valence-electron chi connectivity index (χ4n) is 3.40. The molecule has 0 aliphatic carbocycles. The number of nitrogens with zero attached hydrogens (tertiary/aromatic N) is 2. The monoisotopic (exact) mass is 347 g/mol. The first kappa shape index (κ1) is 16.2. The van der Waals surface area contributed by atoms with Gasteiger partial charge in [0.1, 0.15) is 5.60 Å². The highest BCUT2D eigenvalue weighted by Gasteiger charge is 2.43. The molecule has 0 saturated carbocycles. The second-order valence-corrected chi connectivity index (χ2v) is 6.76. The minimum absolute atomic E-state index is 0.190. The number of fused-ring (bicyclic) bond motifs is 1. The average molecular weight is 347 g/mol. The van der Waals surface area contributed by atoms with E-state index in [0.717, 1.165) is 17.3 Å². The molecule has 1 atom stereocenters. The van der Waals surface area contributed by atoms with E-state index in [1.807, 2.05) is 24.3 Å². The van der Waals surface area contributed by atoms with Gasteiger partial charge in [-0.15, -0.1) is 0 Å². The molecule has 2 aromatic heterocycles. The predicted octanol–water partition coefficient (Wildman–Crippen LogP) is 4.22. The van der Waals surface area contributed by atoms with Crippen LogP contribution in [0, 0.1) is 6.92 Å². The lowest BCUT2D eigenvalue weighted by Gasteiger charge is -2.17. The van der Waals surface area contributed by atoms with Gasteiger partial charge in [-0.1, -0.05) is 23.4 Å². The van der Waals surface area contributed by atoms with Crippen LogP contribution < -0.4 is 0 Å². The van der Waals surface area contributed by atoms with Crippen LogP contribution >= 0.6 is 0 Å².